The lowest BCUT2D eigenvalue weighted by molar-refractivity contribution is 0.669. The third-order valence-electron chi connectivity index (χ3n) is 14.1. The van der Waals surface area contributed by atoms with Gasteiger partial charge in [-0.2, -0.15) is 0 Å². The van der Waals surface area contributed by atoms with Crippen molar-refractivity contribution < 1.29 is 4.42 Å². The van der Waals surface area contributed by atoms with Gasteiger partial charge in [0.1, 0.15) is 11.2 Å². The van der Waals surface area contributed by atoms with Crippen LogP contribution >= 0.6 is 11.3 Å². The molecule has 3 heterocycles. The summed E-state index contributed by atoms with van der Waals surface area (Å²) in [6, 6.07) is 84.8. The van der Waals surface area contributed by atoms with Crippen LogP contribution in [0.2, 0.25) is 0 Å². The second kappa shape index (κ2) is 15.7. The number of rotatable bonds is 7. The Hall–Kier alpha value is -8.77. The van der Waals surface area contributed by atoms with Crippen LogP contribution in [0.15, 0.2) is 241 Å². The number of aromatic nitrogens is 3. The van der Waals surface area contributed by atoms with E-state index in [0.717, 1.165) is 55.3 Å². The van der Waals surface area contributed by atoms with E-state index in [1.165, 1.54) is 59.1 Å². The maximum absolute atomic E-state index is 6.56. The Balaban J connectivity index is 0.865. The van der Waals surface area contributed by atoms with Crippen molar-refractivity contribution in [1.82, 2.24) is 15.0 Å². The minimum Gasteiger partial charge on any atom is -0.456 e. The molecule has 4 nitrogen and oxygen atoms in total. The van der Waals surface area contributed by atoms with Crippen LogP contribution in [0, 0.1) is 0 Å². The fourth-order valence-electron chi connectivity index (χ4n) is 10.9. The Morgan fingerprint density at radius 2 is 0.884 bits per heavy atom. The van der Waals surface area contributed by atoms with Gasteiger partial charge in [-0.3, -0.25) is 0 Å². The first-order valence-corrected chi connectivity index (χ1v) is 24.1. The summed E-state index contributed by atoms with van der Waals surface area (Å²) in [5.74, 6) is 1.85. The minimum absolute atomic E-state index is 0.452. The van der Waals surface area contributed by atoms with Crippen molar-refractivity contribution in [2.45, 2.75) is 5.41 Å². The molecule has 1 aliphatic carbocycles. The standard InChI is InChI=1S/C64H39N3OS/c1-4-15-42(16-5-1)61-65-62(45-32-35-51-50-22-11-13-26-58(50)69-59(51)39-45)67-63(66-61)52-23-14-25-57-60(52)53-37-43(33-36-56(53)68-57)40-27-29-41(30-28-40)44-31-34-49-48-21-10-12-24-54(48)64(55(49)38-44,46-17-6-2-7-18-46)47-19-8-3-9-20-47/h1-39H. The fourth-order valence-corrected chi connectivity index (χ4v) is 12.0. The van der Waals surface area contributed by atoms with Gasteiger partial charge in [0.25, 0.3) is 0 Å². The maximum Gasteiger partial charge on any atom is 0.164 e. The molecule has 10 aromatic carbocycles. The molecule has 0 bridgehead atoms. The molecule has 0 aliphatic heterocycles. The molecule has 0 spiro atoms. The Morgan fingerprint density at radius 1 is 0.319 bits per heavy atom. The quantitative estimate of drug-likeness (QED) is 0.160. The summed E-state index contributed by atoms with van der Waals surface area (Å²) in [5.41, 5.74) is 16.2. The van der Waals surface area contributed by atoms with Gasteiger partial charge in [0, 0.05) is 47.6 Å². The van der Waals surface area contributed by atoms with Crippen LogP contribution in [0.4, 0.5) is 0 Å². The van der Waals surface area contributed by atoms with Gasteiger partial charge in [0.2, 0.25) is 0 Å². The second-order valence-corrected chi connectivity index (χ2v) is 18.9. The summed E-state index contributed by atoms with van der Waals surface area (Å²) in [6.45, 7) is 0. The van der Waals surface area contributed by atoms with Gasteiger partial charge in [0.05, 0.1) is 5.41 Å². The van der Waals surface area contributed by atoms with Gasteiger partial charge < -0.3 is 4.42 Å². The molecular weight excluding hydrogens is 859 g/mol. The molecule has 0 unspecified atom stereocenters. The number of nitrogens with zero attached hydrogens (tertiary/aromatic N) is 3. The molecule has 3 aromatic heterocycles. The van der Waals surface area contributed by atoms with Crippen molar-refractivity contribution in [3.05, 3.63) is 259 Å². The summed E-state index contributed by atoms with van der Waals surface area (Å²) in [6.07, 6.45) is 0. The number of hydrogen-bond donors (Lipinski definition) is 0. The second-order valence-electron chi connectivity index (χ2n) is 17.8. The minimum atomic E-state index is -0.452. The lowest BCUT2D eigenvalue weighted by Crippen LogP contribution is -2.28. The van der Waals surface area contributed by atoms with Crippen molar-refractivity contribution >= 4 is 53.4 Å². The van der Waals surface area contributed by atoms with E-state index in [1.54, 1.807) is 11.3 Å². The van der Waals surface area contributed by atoms with Crippen LogP contribution in [-0.2, 0) is 5.41 Å². The monoisotopic (exact) mass is 897 g/mol. The summed E-state index contributed by atoms with van der Waals surface area (Å²) in [5, 5.41) is 4.48. The zero-order valence-corrected chi connectivity index (χ0v) is 38.0. The summed E-state index contributed by atoms with van der Waals surface area (Å²) >= 11 is 1.79. The van der Waals surface area contributed by atoms with E-state index in [1.807, 2.05) is 30.3 Å². The lowest BCUT2D eigenvalue weighted by atomic mass is 9.67. The molecule has 13 aromatic rings. The molecule has 14 rings (SSSR count). The highest BCUT2D eigenvalue weighted by Gasteiger charge is 2.46. The van der Waals surface area contributed by atoms with E-state index in [0.29, 0.717) is 17.5 Å². The molecule has 0 N–H and O–H groups in total. The van der Waals surface area contributed by atoms with Crippen LogP contribution in [0.25, 0.3) is 110 Å². The van der Waals surface area contributed by atoms with Gasteiger partial charge in [-0.25, -0.2) is 15.0 Å². The van der Waals surface area contributed by atoms with Gasteiger partial charge in [0.15, 0.2) is 17.5 Å². The van der Waals surface area contributed by atoms with Crippen molar-refractivity contribution in [2.75, 3.05) is 0 Å². The van der Waals surface area contributed by atoms with Crippen LogP contribution in [0.3, 0.4) is 0 Å². The Labute approximate surface area is 402 Å². The highest BCUT2D eigenvalue weighted by molar-refractivity contribution is 7.25. The smallest absolute Gasteiger partial charge is 0.164 e. The van der Waals surface area contributed by atoms with Crippen LogP contribution in [-0.4, -0.2) is 15.0 Å². The topological polar surface area (TPSA) is 51.8 Å². The average Bonchev–Trinajstić information content (AvgIpc) is 4.09. The highest BCUT2D eigenvalue weighted by atomic mass is 32.1. The fraction of sp³-hybridized carbons (Fsp3) is 0.0156. The SMILES string of the molecule is c1ccc(-c2nc(-c3ccc4c(c3)sc3ccccc34)nc(-c3cccc4oc5ccc(-c6ccc(-c7ccc8c(c7)C(c7ccccc7)(c7ccccc7)c7ccccc7-8)cc6)cc5c34)n2)cc1. The molecular formula is C64H39N3OS. The van der Waals surface area contributed by atoms with Crippen LogP contribution < -0.4 is 0 Å². The zero-order valence-electron chi connectivity index (χ0n) is 37.2. The van der Waals surface area contributed by atoms with Gasteiger partial charge in [-0.15, -0.1) is 11.3 Å². The van der Waals surface area contributed by atoms with Gasteiger partial charge in [-0.1, -0.05) is 200 Å². The molecule has 69 heavy (non-hydrogen) atoms. The number of hydrogen-bond acceptors (Lipinski definition) is 5. The van der Waals surface area contributed by atoms with Crippen molar-refractivity contribution in [3.8, 4) is 67.5 Å². The molecule has 0 saturated heterocycles. The first-order chi connectivity index (χ1) is 34.2. The van der Waals surface area contributed by atoms with E-state index in [4.69, 9.17) is 19.4 Å². The van der Waals surface area contributed by atoms with Gasteiger partial charge >= 0.3 is 0 Å². The predicted octanol–water partition coefficient (Wildman–Crippen LogP) is 16.8. The normalized spacial score (nSPS) is 12.8. The summed E-state index contributed by atoms with van der Waals surface area (Å²) < 4.78 is 9.02. The van der Waals surface area contributed by atoms with Crippen LogP contribution in [0.5, 0.6) is 0 Å². The molecule has 0 saturated carbocycles. The van der Waals surface area contributed by atoms with E-state index < -0.39 is 5.41 Å². The first-order valence-electron chi connectivity index (χ1n) is 23.3. The van der Waals surface area contributed by atoms with E-state index in [-0.39, 0.29) is 0 Å². The third-order valence-corrected chi connectivity index (χ3v) is 15.2. The van der Waals surface area contributed by atoms with Crippen molar-refractivity contribution in [2.24, 2.45) is 0 Å². The Bertz CT molecular complexity index is 4080. The lowest BCUT2D eigenvalue weighted by Gasteiger charge is -2.34. The van der Waals surface area contributed by atoms with E-state index in [2.05, 4.69) is 206 Å². The molecule has 0 fully saturated rings. The zero-order chi connectivity index (χ0) is 45.5. The molecule has 322 valence electrons. The molecule has 1 aliphatic rings. The number of thiophene rings is 1. The maximum atomic E-state index is 6.56. The van der Waals surface area contributed by atoms with Gasteiger partial charge in [-0.05, 0) is 92.0 Å². The average molecular weight is 898 g/mol. The highest BCUT2D eigenvalue weighted by Crippen LogP contribution is 2.56. The van der Waals surface area contributed by atoms with Crippen LogP contribution in [0.1, 0.15) is 22.3 Å². The third kappa shape index (κ3) is 6.25. The largest absolute Gasteiger partial charge is 0.456 e. The molecule has 5 heteroatoms. The first kappa shape index (κ1) is 39.4. The number of fused-ring (bicyclic) bond motifs is 9. The number of benzene rings is 10. The summed E-state index contributed by atoms with van der Waals surface area (Å²) in [4.78, 5) is 15.5. The molecule has 0 radical (unpaired) electrons. The molecule has 0 atom stereocenters. The summed E-state index contributed by atoms with van der Waals surface area (Å²) in [7, 11) is 0. The number of furan rings is 1. The predicted molar refractivity (Wildman–Crippen MR) is 284 cm³/mol. The van der Waals surface area contributed by atoms with E-state index >= 15 is 0 Å². The van der Waals surface area contributed by atoms with E-state index in [9.17, 15) is 0 Å². The Kier molecular flexibility index (Phi) is 8.95. The Morgan fingerprint density at radius 3 is 1.65 bits per heavy atom. The molecule has 0 amide bonds. The van der Waals surface area contributed by atoms with Crippen molar-refractivity contribution in [3.63, 3.8) is 0 Å². The van der Waals surface area contributed by atoms with Crippen molar-refractivity contribution in [1.29, 1.82) is 0 Å².